The quantitative estimate of drug-likeness (QED) is 0.614. The predicted octanol–water partition coefficient (Wildman–Crippen LogP) is 3.10. The van der Waals surface area contributed by atoms with Crippen LogP contribution in [0.5, 0.6) is 11.5 Å². The molecule has 4 nitrogen and oxygen atoms in total. The molecule has 0 bridgehead atoms. The first-order valence-corrected chi connectivity index (χ1v) is 5.79. The molecular formula is C15H14N2O2. The smallest absolute Gasteiger partial charge is 0.230 e. The third-order valence-corrected chi connectivity index (χ3v) is 2.58. The fourth-order valence-electron chi connectivity index (χ4n) is 1.62. The molecule has 0 atom stereocenters. The largest absolute Gasteiger partial charge is 0.457 e. The van der Waals surface area contributed by atoms with Crippen LogP contribution in [0.15, 0.2) is 48.5 Å². The molecule has 0 aliphatic heterocycles. The molecule has 0 aliphatic rings. The van der Waals surface area contributed by atoms with Gasteiger partial charge in [0.25, 0.3) is 0 Å². The monoisotopic (exact) mass is 254 g/mol. The van der Waals surface area contributed by atoms with Gasteiger partial charge in [-0.05, 0) is 24.3 Å². The molecule has 0 heterocycles. The summed E-state index contributed by atoms with van der Waals surface area (Å²) in [6.45, 7) is 0.0374. The van der Waals surface area contributed by atoms with Crippen LogP contribution in [0.25, 0.3) is 0 Å². The second kappa shape index (κ2) is 6.35. The highest BCUT2D eigenvalue weighted by Crippen LogP contribution is 2.18. The van der Waals surface area contributed by atoms with Gasteiger partial charge in [-0.2, -0.15) is 0 Å². The maximum absolute atomic E-state index is 7.27. The van der Waals surface area contributed by atoms with Crippen LogP contribution < -0.4 is 9.47 Å². The first-order chi connectivity index (χ1) is 9.35. The van der Waals surface area contributed by atoms with Crippen molar-refractivity contribution in [1.29, 1.82) is 10.8 Å². The summed E-state index contributed by atoms with van der Waals surface area (Å²) in [5, 5.41) is 14.5. The molecule has 0 amide bonds. The molecule has 19 heavy (non-hydrogen) atoms. The van der Waals surface area contributed by atoms with Crippen molar-refractivity contribution in [3.63, 3.8) is 0 Å². The lowest BCUT2D eigenvalue weighted by molar-refractivity contribution is 0.119. The second-order valence-electron chi connectivity index (χ2n) is 3.77. The molecule has 2 N–H and O–H groups in total. The molecule has 2 aromatic carbocycles. The summed E-state index contributed by atoms with van der Waals surface area (Å²) in [5.74, 6) is 1.20. The van der Waals surface area contributed by atoms with Crippen molar-refractivity contribution >= 4 is 12.4 Å². The van der Waals surface area contributed by atoms with E-state index in [4.69, 9.17) is 20.3 Å². The lowest BCUT2D eigenvalue weighted by Gasteiger charge is -2.11. The van der Waals surface area contributed by atoms with E-state index in [1.165, 1.54) is 12.4 Å². The van der Waals surface area contributed by atoms with E-state index in [-0.39, 0.29) is 6.79 Å². The summed E-state index contributed by atoms with van der Waals surface area (Å²) in [5.41, 5.74) is 1.40. The van der Waals surface area contributed by atoms with Gasteiger partial charge >= 0.3 is 0 Å². The summed E-state index contributed by atoms with van der Waals surface area (Å²) in [4.78, 5) is 0. The molecule has 0 aromatic heterocycles. The molecule has 4 heteroatoms. The lowest BCUT2D eigenvalue weighted by Crippen LogP contribution is -2.08. The fourth-order valence-corrected chi connectivity index (χ4v) is 1.62. The van der Waals surface area contributed by atoms with Crippen LogP contribution in [0.2, 0.25) is 0 Å². The normalized spacial score (nSPS) is 9.68. The Kier molecular flexibility index (Phi) is 4.29. The van der Waals surface area contributed by atoms with Crippen molar-refractivity contribution in [2.45, 2.75) is 0 Å². The van der Waals surface area contributed by atoms with Crippen LogP contribution in [0, 0.1) is 10.8 Å². The third-order valence-electron chi connectivity index (χ3n) is 2.58. The molecule has 0 saturated heterocycles. The summed E-state index contributed by atoms with van der Waals surface area (Å²) in [7, 11) is 0. The minimum absolute atomic E-state index is 0.0374. The molecule has 2 rings (SSSR count). The van der Waals surface area contributed by atoms with Crippen LogP contribution in [0.4, 0.5) is 0 Å². The second-order valence-corrected chi connectivity index (χ2v) is 3.77. The number of benzene rings is 2. The van der Waals surface area contributed by atoms with Gasteiger partial charge in [-0.3, -0.25) is 0 Å². The highest BCUT2D eigenvalue weighted by Gasteiger charge is 2.02. The van der Waals surface area contributed by atoms with Gasteiger partial charge in [-0.1, -0.05) is 24.3 Å². The Morgan fingerprint density at radius 1 is 0.737 bits per heavy atom. The van der Waals surface area contributed by atoms with Gasteiger partial charge in [-0.25, -0.2) is 0 Å². The van der Waals surface area contributed by atoms with Crippen LogP contribution >= 0.6 is 0 Å². The number of rotatable bonds is 6. The zero-order valence-electron chi connectivity index (χ0n) is 10.3. The zero-order chi connectivity index (χ0) is 13.5. The van der Waals surface area contributed by atoms with E-state index in [1.54, 1.807) is 24.3 Å². The van der Waals surface area contributed by atoms with Crippen LogP contribution in [-0.2, 0) is 0 Å². The molecule has 2 aromatic rings. The zero-order valence-corrected chi connectivity index (χ0v) is 10.3. The Morgan fingerprint density at radius 3 is 1.58 bits per heavy atom. The topological polar surface area (TPSA) is 66.2 Å². The van der Waals surface area contributed by atoms with Crippen molar-refractivity contribution in [2.75, 3.05) is 6.79 Å². The van der Waals surface area contributed by atoms with E-state index in [2.05, 4.69) is 0 Å². The number of para-hydroxylation sites is 2. The highest BCUT2D eigenvalue weighted by molar-refractivity contribution is 5.81. The van der Waals surface area contributed by atoms with Crippen molar-refractivity contribution in [1.82, 2.24) is 0 Å². The molecular weight excluding hydrogens is 240 g/mol. The third kappa shape index (κ3) is 3.19. The first-order valence-electron chi connectivity index (χ1n) is 5.79. The number of hydrogen-bond donors (Lipinski definition) is 2. The van der Waals surface area contributed by atoms with E-state index in [0.29, 0.717) is 22.6 Å². The molecule has 0 fully saturated rings. The van der Waals surface area contributed by atoms with E-state index in [9.17, 15) is 0 Å². The maximum atomic E-state index is 7.27. The minimum atomic E-state index is 0.0374. The van der Waals surface area contributed by atoms with Gasteiger partial charge in [0.15, 0.2) is 0 Å². The van der Waals surface area contributed by atoms with Gasteiger partial charge in [0.1, 0.15) is 11.5 Å². The summed E-state index contributed by atoms with van der Waals surface area (Å²) >= 11 is 0. The SMILES string of the molecule is N=Cc1ccccc1OCOc1ccccc1C=N. The summed E-state index contributed by atoms with van der Waals surface area (Å²) in [6, 6.07) is 14.5. The maximum Gasteiger partial charge on any atom is 0.230 e. The molecule has 0 aliphatic carbocycles. The average molecular weight is 254 g/mol. The highest BCUT2D eigenvalue weighted by atomic mass is 16.7. The van der Waals surface area contributed by atoms with Crippen LogP contribution in [-0.4, -0.2) is 19.2 Å². The Bertz CT molecular complexity index is 530. The first kappa shape index (κ1) is 12.8. The summed E-state index contributed by atoms with van der Waals surface area (Å²) in [6.07, 6.45) is 2.47. The molecule has 0 radical (unpaired) electrons. The van der Waals surface area contributed by atoms with E-state index in [1.807, 2.05) is 24.3 Å². The molecule has 96 valence electrons. The standard InChI is InChI=1S/C15H14N2O2/c16-9-12-5-1-3-7-14(12)18-11-19-15-8-4-2-6-13(15)10-17/h1-10,16-17H,11H2. The average Bonchev–Trinajstić information content (AvgIpc) is 2.48. The van der Waals surface area contributed by atoms with Crippen LogP contribution in [0.1, 0.15) is 11.1 Å². The van der Waals surface area contributed by atoms with Crippen molar-refractivity contribution in [3.8, 4) is 11.5 Å². The van der Waals surface area contributed by atoms with Crippen LogP contribution in [0.3, 0.4) is 0 Å². The predicted molar refractivity (Wildman–Crippen MR) is 74.8 cm³/mol. The Hall–Kier alpha value is -2.62. The van der Waals surface area contributed by atoms with Gasteiger partial charge in [0, 0.05) is 23.6 Å². The van der Waals surface area contributed by atoms with E-state index >= 15 is 0 Å². The molecule has 0 saturated carbocycles. The number of hydrogen-bond acceptors (Lipinski definition) is 4. The van der Waals surface area contributed by atoms with E-state index in [0.717, 1.165) is 0 Å². The van der Waals surface area contributed by atoms with Crippen molar-refractivity contribution in [2.24, 2.45) is 0 Å². The molecule has 0 unspecified atom stereocenters. The van der Waals surface area contributed by atoms with Gasteiger partial charge < -0.3 is 20.3 Å². The number of ether oxygens (including phenoxy) is 2. The lowest BCUT2D eigenvalue weighted by atomic mass is 10.2. The number of nitrogens with one attached hydrogen (secondary N) is 2. The van der Waals surface area contributed by atoms with Gasteiger partial charge in [-0.15, -0.1) is 0 Å². The Balaban J connectivity index is 2.00. The Morgan fingerprint density at radius 2 is 1.16 bits per heavy atom. The van der Waals surface area contributed by atoms with E-state index < -0.39 is 0 Å². The Labute approximate surface area is 111 Å². The molecule has 0 spiro atoms. The van der Waals surface area contributed by atoms with Crippen molar-refractivity contribution in [3.05, 3.63) is 59.7 Å². The van der Waals surface area contributed by atoms with Crippen molar-refractivity contribution < 1.29 is 9.47 Å². The fraction of sp³-hybridized carbons (Fsp3) is 0.0667. The summed E-state index contributed by atoms with van der Waals surface area (Å²) < 4.78 is 11.0. The van der Waals surface area contributed by atoms with Gasteiger partial charge in [0.05, 0.1) is 0 Å². The van der Waals surface area contributed by atoms with Gasteiger partial charge in [0.2, 0.25) is 6.79 Å². The minimum Gasteiger partial charge on any atom is -0.457 e.